The average molecular weight is 244 g/mol. The second kappa shape index (κ2) is 9.42. The number of carbonyl (C=O) groups is 1. The molecule has 0 spiro atoms. The Morgan fingerprint density at radius 2 is 2.00 bits per heavy atom. The first kappa shape index (κ1) is 16.4. The molecule has 1 amide bonds. The minimum Gasteiger partial charge on any atom is -0.380 e. The molecule has 0 saturated heterocycles. The number of nitrogens with one attached hydrogen (secondary N) is 1. The largest absolute Gasteiger partial charge is 0.380 e. The number of amides is 1. The molecule has 0 aliphatic carbocycles. The van der Waals surface area contributed by atoms with Crippen LogP contribution in [0.15, 0.2) is 0 Å². The summed E-state index contributed by atoms with van der Waals surface area (Å²) in [6.45, 7) is 9.38. The SMILES string of the molecule is CCOCC(NC(=O)CCCC(C)N)C(C)C. The van der Waals surface area contributed by atoms with Crippen molar-refractivity contribution in [1.29, 1.82) is 0 Å². The van der Waals surface area contributed by atoms with Crippen LogP contribution in [0.2, 0.25) is 0 Å². The summed E-state index contributed by atoms with van der Waals surface area (Å²) in [5.41, 5.74) is 5.64. The first-order valence-electron chi connectivity index (χ1n) is 6.60. The molecule has 0 aromatic carbocycles. The molecule has 0 aromatic rings. The van der Waals surface area contributed by atoms with Crippen LogP contribution in [0.3, 0.4) is 0 Å². The molecule has 4 heteroatoms. The van der Waals surface area contributed by atoms with Gasteiger partial charge < -0.3 is 15.8 Å². The lowest BCUT2D eigenvalue weighted by Gasteiger charge is -2.22. The summed E-state index contributed by atoms with van der Waals surface area (Å²) < 4.78 is 5.37. The maximum absolute atomic E-state index is 11.7. The molecule has 2 atom stereocenters. The van der Waals surface area contributed by atoms with Crippen molar-refractivity contribution in [1.82, 2.24) is 5.32 Å². The first-order valence-corrected chi connectivity index (χ1v) is 6.60. The van der Waals surface area contributed by atoms with Crippen molar-refractivity contribution in [2.75, 3.05) is 13.2 Å². The first-order chi connectivity index (χ1) is 7.97. The Bertz CT molecular complexity index is 206. The molecule has 0 aliphatic rings. The lowest BCUT2D eigenvalue weighted by atomic mass is 10.0. The summed E-state index contributed by atoms with van der Waals surface area (Å²) in [7, 11) is 0. The Kier molecular flexibility index (Phi) is 9.09. The number of carbonyl (C=O) groups excluding carboxylic acids is 1. The maximum atomic E-state index is 11.7. The van der Waals surface area contributed by atoms with Crippen LogP contribution in [0, 0.1) is 5.92 Å². The smallest absolute Gasteiger partial charge is 0.220 e. The van der Waals surface area contributed by atoms with E-state index in [-0.39, 0.29) is 18.0 Å². The second-order valence-corrected chi connectivity index (χ2v) is 4.95. The van der Waals surface area contributed by atoms with Crippen LogP contribution in [0.5, 0.6) is 0 Å². The van der Waals surface area contributed by atoms with E-state index in [1.165, 1.54) is 0 Å². The number of hydrogen-bond donors (Lipinski definition) is 2. The van der Waals surface area contributed by atoms with Gasteiger partial charge >= 0.3 is 0 Å². The highest BCUT2D eigenvalue weighted by Crippen LogP contribution is 2.04. The van der Waals surface area contributed by atoms with Crippen molar-refractivity contribution in [2.24, 2.45) is 11.7 Å². The third-order valence-corrected chi connectivity index (χ3v) is 2.72. The number of nitrogens with two attached hydrogens (primary N) is 1. The topological polar surface area (TPSA) is 64.3 Å². The van der Waals surface area contributed by atoms with Gasteiger partial charge in [-0.15, -0.1) is 0 Å². The van der Waals surface area contributed by atoms with E-state index in [1.54, 1.807) is 0 Å². The molecule has 0 aliphatic heterocycles. The van der Waals surface area contributed by atoms with Gasteiger partial charge in [0.1, 0.15) is 0 Å². The van der Waals surface area contributed by atoms with Crippen molar-refractivity contribution >= 4 is 5.91 Å². The number of hydrogen-bond acceptors (Lipinski definition) is 3. The minimum atomic E-state index is 0.101. The lowest BCUT2D eigenvalue weighted by Crippen LogP contribution is -2.41. The zero-order valence-corrected chi connectivity index (χ0v) is 11.7. The quantitative estimate of drug-likeness (QED) is 0.648. The van der Waals surface area contributed by atoms with E-state index >= 15 is 0 Å². The van der Waals surface area contributed by atoms with Gasteiger partial charge in [0.15, 0.2) is 0 Å². The predicted molar refractivity (Wildman–Crippen MR) is 70.8 cm³/mol. The second-order valence-electron chi connectivity index (χ2n) is 4.95. The van der Waals surface area contributed by atoms with Gasteiger partial charge in [0.2, 0.25) is 5.91 Å². The Morgan fingerprint density at radius 1 is 1.35 bits per heavy atom. The Morgan fingerprint density at radius 3 is 2.47 bits per heavy atom. The van der Waals surface area contributed by atoms with Gasteiger partial charge in [0.25, 0.3) is 0 Å². The highest BCUT2D eigenvalue weighted by molar-refractivity contribution is 5.76. The van der Waals surface area contributed by atoms with Crippen LogP contribution in [0.1, 0.15) is 47.0 Å². The fraction of sp³-hybridized carbons (Fsp3) is 0.923. The molecule has 0 saturated carbocycles. The van der Waals surface area contributed by atoms with E-state index in [0.717, 1.165) is 12.8 Å². The zero-order chi connectivity index (χ0) is 13.3. The molecular weight excluding hydrogens is 216 g/mol. The molecule has 0 bridgehead atoms. The molecule has 0 radical (unpaired) electrons. The maximum Gasteiger partial charge on any atom is 0.220 e. The van der Waals surface area contributed by atoms with Gasteiger partial charge in [-0.1, -0.05) is 13.8 Å². The van der Waals surface area contributed by atoms with Crippen LogP contribution in [-0.2, 0) is 9.53 Å². The summed E-state index contributed by atoms with van der Waals surface area (Å²) in [5.74, 6) is 0.489. The van der Waals surface area contributed by atoms with E-state index in [0.29, 0.717) is 25.6 Å². The van der Waals surface area contributed by atoms with E-state index in [4.69, 9.17) is 10.5 Å². The monoisotopic (exact) mass is 244 g/mol. The molecule has 0 fully saturated rings. The van der Waals surface area contributed by atoms with Crippen molar-refractivity contribution in [3.8, 4) is 0 Å². The van der Waals surface area contributed by atoms with Crippen molar-refractivity contribution in [3.05, 3.63) is 0 Å². The highest BCUT2D eigenvalue weighted by Gasteiger charge is 2.15. The standard InChI is InChI=1S/C13H28N2O2/c1-5-17-9-12(10(2)3)15-13(16)8-6-7-11(4)14/h10-12H,5-9,14H2,1-4H3,(H,15,16). The molecule has 0 heterocycles. The van der Waals surface area contributed by atoms with E-state index in [1.807, 2.05) is 13.8 Å². The van der Waals surface area contributed by atoms with Crippen molar-refractivity contribution < 1.29 is 9.53 Å². The van der Waals surface area contributed by atoms with Gasteiger partial charge in [-0.25, -0.2) is 0 Å². The fourth-order valence-corrected chi connectivity index (χ4v) is 1.51. The average Bonchev–Trinajstić information content (AvgIpc) is 2.23. The van der Waals surface area contributed by atoms with Crippen LogP contribution >= 0.6 is 0 Å². The van der Waals surface area contributed by atoms with Gasteiger partial charge in [-0.2, -0.15) is 0 Å². The molecule has 0 rings (SSSR count). The van der Waals surface area contributed by atoms with Gasteiger partial charge in [-0.3, -0.25) is 4.79 Å². The predicted octanol–water partition coefficient (Wildman–Crippen LogP) is 1.68. The van der Waals surface area contributed by atoms with Crippen molar-refractivity contribution in [3.63, 3.8) is 0 Å². The van der Waals surface area contributed by atoms with E-state index < -0.39 is 0 Å². The Labute approximate surface area is 105 Å². The molecular formula is C13H28N2O2. The summed E-state index contributed by atoms with van der Waals surface area (Å²) in [6.07, 6.45) is 2.30. The van der Waals surface area contributed by atoms with Gasteiger partial charge in [0, 0.05) is 19.1 Å². The fourth-order valence-electron chi connectivity index (χ4n) is 1.51. The van der Waals surface area contributed by atoms with Crippen molar-refractivity contribution in [2.45, 2.75) is 59.0 Å². The molecule has 4 nitrogen and oxygen atoms in total. The summed E-state index contributed by atoms with van der Waals surface area (Å²) >= 11 is 0. The zero-order valence-electron chi connectivity index (χ0n) is 11.7. The molecule has 0 aromatic heterocycles. The summed E-state index contributed by atoms with van der Waals surface area (Å²) in [4.78, 5) is 11.7. The molecule has 102 valence electrons. The van der Waals surface area contributed by atoms with Gasteiger partial charge in [0.05, 0.1) is 12.6 Å². The van der Waals surface area contributed by atoms with Crippen LogP contribution in [0.4, 0.5) is 0 Å². The molecule has 3 N–H and O–H groups in total. The Balaban J connectivity index is 3.87. The van der Waals surface area contributed by atoms with E-state index in [2.05, 4.69) is 19.2 Å². The van der Waals surface area contributed by atoms with Crippen LogP contribution in [0.25, 0.3) is 0 Å². The third-order valence-electron chi connectivity index (χ3n) is 2.72. The molecule has 17 heavy (non-hydrogen) atoms. The number of ether oxygens (including phenoxy) is 1. The van der Waals surface area contributed by atoms with Crippen LogP contribution in [-0.4, -0.2) is 31.2 Å². The Hall–Kier alpha value is -0.610. The summed E-state index contributed by atoms with van der Waals surface area (Å²) in [5, 5.41) is 3.02. The summed E-state index contributed by atoms with van der Waals surface area (Å²) in [6, 6.07) is 0.282. The molecule has 2 unspecified atom stereocenters. The van der Waals surface area contributed by atoms with E-state index in [9.17, 15) is 4.79 Å². The van der Waals surface area contributed by atoms with Gasteiger partial charge in [-0.05, 0) is 32.6 Å². The van der Waals surface area contributed by atoms with Crippen LogP contribution < -0.4 is 11.1 Å². The minimum absolute atomic E-state index is 0.101. The normalized spacial score (nSPS) is 14.7. The number of rotatable bonds is 9. The third kappa shape index (κ3) is 9.12. The highest BCUT2D eigenvalue weighted by atomic mass is 16.5. The lowest BCUT2D eigenvalue weighted by molar-refractivity contribution is -0.122.